The van der Waals surface area contributed by atoms with Crippen LogP contribution in [0.5, 0.6) is 0 Å². The highest BCUT2D eigenvalue weighted by molar-refractivity contribution is 5.21. The number of aryl methyl sites for hydroxylation is 1. The fraction of sp³-hybridized carbons (Fsp3) is 0.500. The molecule has 0 amide bonds. The molecule has 0 spiro atoms. The monoisotopic (exact) mass is 193 g/mol. The summed E-state index contributed by atoms with van der Waals surface area (Å²) in [5.74, 6) is 0. The molecule has 0 aromatic heterocycles. The topological polar surface area (TPSA) is 12.5 Å². The van der Waals surface area contributed by atoms with Crippen LogP contribution in [0.2, 0.25) is 0 Å². The molecule has 0 N–H and O–H groups in total. The van der Waals surface area contributed by atoms with Gasteiger partial charge in [0.15, 0.2) is 0 Å². The van der Waals surface area contributed by atoms with Crippen molar-refractivity contribution in [2.45, 2.75) is 13.5 Å². The third kappa shape index (κ3) is 3.90. The molecular formula is C12H19NO. The summed E-state index contributed by atoms with van der Waals surface area (Å²) in [5.41, 5.74) is 2.69. The molecule has 0 aliphatic heterocycles. The summed E-state index contributed by atoms with van der Waals surface area (Å²) in [4.78, 5) is 2.26. The number of benzene rings is 1. The molecule has 0 unspecified atom stereocenters. The molecule has 0 saturated heterocycles. The number of likely N-dealkylation sites (N-methyl/N-ethyl adjacent to an activating group) is 1. The van der Waals surface area contributed by atoms with E-state index in [1.807, 2.05) is 0 Å². The van der Waals surface area contributed by atoms with Crippen LogP contribution in [0.3, 0.4) is 0 Å². The van der Waals surface area contributed by atoms with Crippen LogP contribution in [-0.2, 0) is 11.3 Å². The van der Waals surface area contributed by atoms with Gasteiger partial charge in [0.2, 0.25) is 0 Å². The van der Waals surface area contributed by atoms with Crippen LogP contribution in [0.1, 0.15) is 11.1 Å². The quantitative estimate of drug-likeness (QED) is 0.710. The SMILES string of the molecule is COCCN(C)Cc1cccc(C)c1. The van der Waals surface area contributed by atoms with Crippen molar-refractivity contribution < 1.29 is 4.74 Å². The van der Waals surface area contributed by atoms with Crippen molar-refractivity contribution in [2.24, 2.45) is 0 Å². The first-order chi connectivity index (χ1) is 6.72. The van der Waals surface area contributed by atoms with E-state index >= 15 is 0 Å². The lowest BCUT2D eigenvalue weighted by atomic mass is 10.1. The molecule has 0 aliphatic rings. The highest BCUT2D eigenvalue weighted by atomic mass is 16.5. The van der Waals surface area contributed by atoms with Crippen molar-refractivity contribution in [1.82, 2.24) is 4.90 Å². The summed E-state index contributed by atoms with van der Waals surface area (Å²) in [5, 5.41) is 0. The Balaban J connectivity index is 2.43. The predicted octanol–water partition coefficient (Wildman–Crippen LogP) is 2.07. The molecule has 14 heavy (non-hydrogen) atoms. The van der Waals surface area contributed by atoms with Crippen molar-refractivity contribution in [2.75, 3.05) is 27.3 Å². The van der Waals surface area contributed by atoms with E-state index in [9.17, 15) is 0 Å². The van der Waals surface area contributed by atoms with Crippen molar-refractivity contribution in [1.29, 1.82) is 0 Å². The Morgan fingerprint density at radius 1 is 1.36 bits per heavy atom. The van der Waals surface area contributed by atoms with Gasteiger partial charge in [-0.1, -0.05) is 29.8 Å². The Labute approximate surface area is 86.5 Å². The van der Waals surface area contributed by atoms with Crippen LogP contribution >= 0.6 is 0 Å². The highest BCUT2D eigenvalue weighted by Gasteiger charge is 1.99. The van der Waals surface area contributed by atoms with Gasteiger partial charge in [-0.3, -0.25) is 4.90 Å². The number of ether oxygens (including phenoxy) is 1. The summed E-state index contributed by atoms with van der Waals surface area (Å²) < 4.78 is 5.03. The minimum atomic E-state index is 0.794. The van der Waals surface area contributed by atoms with E-state index in [2.05, 4.69) is 43.1 Å². The second-order valence-corrected chi connectivity index (χ2v) is 3.72. The molecular weight excluding hydrogens is 174 g/mol. The summed E-state index contributed by atoms with van der Waals surface area (Å²) in [6.45, 7) is 4.89. The van der Waals surface area contributed by atoms with E-state index in [0.29, 0.717) is 0 Å². The first kappa shape index (κ1) is 11.2. The van der Waals surface area contributed by atoms with Gasteiger partial charge in [-0.25, -0.2) is 0 Å². The van der Waals surface area contributed by atoms with Gasteiger partial charge in [0.25, 0.3) is 0 Å². The lowest BCUT2D eigenvalue weighted by molar-refractivity contribution is 0.158. The standard InChI is InChI=1S/C12H19NO/c1-11-5-4-6-12(9-11)10-13(2)7-8-14-3/h4-6,9H,7-8,10H2,1-3H3. The van der Waals surface area contributed by atoms with E-state index in [1.54, 1.807) is 7.11 Å². The summed E-state index contributed by atoms with van der Waals surface area (Å²) in [6.07, 6.45) is 0. The molecule has 78 valence electrons. The predicted molar refractivity (Wildman–Crippen MR) is 59.4 cm³/mol. The highest BCUT2D eigenvalue weighted by Crippen LogP contribution is 2.06. The van der Waals surface area contributed by atoms with Gasteiger partial charge in [0, 0.05) is 20.2 Å². The number of hydrogen-bond acceptors (Lipinski definition) is 2. The number of nitrogens with zero attached hydrogens (tertiary/aromatic N) is 1. The van der Waals surface area contributed by atoms with Crippen LogP contribution in [0.25, 0.3) is 0 Å². The number of hydrogen-bond donors (Lipinski definition) is 0. The molecule has 0 fully saturated rings. The molecule has 1 aromatic carbocycles. The van der Waals surface area contributed by atoms with Gasteiger partial charge in [-0.05, 0) is 19.5 Å². The van der Waals surface area contributed by atoms with E-state index < -0.39 is 0 Å². The normalized spacial score (nSPS) is 10.9. The summed E-state index contributed by atoms with van der Waals surface area (Å²) in [6, 6.07) is 8.62. The van der Waals surface area contributed by atoms with Crippen LogP contribution in [0.15, 0.2) is 24.3 Å². The van der Waals surface area contributed by atoms with Gasteiger partial charge in [0.1, 0.15) is 0 Å². The minimum Gasteiger partial charge on any atom is -0.383 e. The minimum absolute atomic E-state index is 0.794. The maximum absolute atomic E-state index is 5.03. The van der Waals surface area contributed by atoms with Gasteiger partial charge in [0.05, 0.1) is 6.61 Å². The van der Waals surface area contributed by atoms with Gasteiger partial charge in [-0.2, -0.15) is 0 Å². The molecule has 1 aromatic rings. The van der Waals surface area contributed by atoms with E-state index in [4.69, 9.17) is 4.74 Å². The fourth-order valence-electron chi connectivity index (χ4n) is 1.45. The van der Waals surface area contributed by atoms with Crippen LogP contribution in [-0.4, -0.2) is 32.2 Å². The second kappa shape index (κ2) is 5.78. The van der Waals surface area contributed by atoms with Gasteiger partial charge < -0.3 is 4.74 Å². The van der Waals surface area contributed by atoms with Gasteiger partial charge >= 0.3 is 0 Å². The number of methoxy groups -OCH3 is 1. The first-order valence-electron chi connectivity index (χ1n) is 4.95. The van der Waals surface area contributed by atoms with E-state index in [0.717, 1.165) is 19.7 Å². The molecule has 2 nitrogen and oxygen atoms in total. The van der Waals surface area contributed by atoms with Crippen molar-refractivity contribution in [3.05, 3.63) is 35.4 Å². The zero-order chi connectivity index (χ0) is 10.4. The Kier molecular flexibility index (Phi) is 4.63. The Hall–Kier alpha value is -0.860. The maximum Gasteiger partial charge on any atom is 0.0589 e. The fourth-order valence-corrected chi connectivity index (χ4v) is 1.45. The second-order valence-electron chi connectivity index (χ2n) is 3.72. The average molecular weight is 193 g/mol. The zero-order valence-electron chi connectivity index (χ0n) is 9.29. The number of rotatable bonds is 5. The third-order valence-corrected chi connectivity index (χ3v) is 2.21. The molecule has 0 heterocycles. The zero-order valence-corrected chi connectivity index (χ0v) is 9.29. The molecule has 0 radical (unpaired) electrons. The lowest BCUT2D eigenvalue weighted by Gasteiger charge is -2.16. The lowest BCUT2D eigenvalue weighted by Crippen LogP contribution is -2.22. The molecule has 0 saturated carbocycles. The molecule has 1 rings (SSSR count). The summed E-state index contributed by atoms with van der Waals surface area (Å²) >= 11 is 0. The summed E-state index contributed by atoms with van der Waals surface area (Å²) in [7, 11) is 3.85. The largest absolute Gasteiger partial charge is 0.383 e. The van der Waals surface area contributed by atoms with E-state index in [1.165, 1.54) is 11.1 Å². The molecule has 0 aliphatic carbocycles. The van der Waals surface area contributed by atoms with Gasteiger partial charge in [-0.15, -0.1) is 0 Å². The molecule has 2 heteroatoms. The Bertz CT molecular complexity index is 273. The smallest absolute Gasteiger partial charge is 0.0589 e. The molecule has 0 bridgehead atoms. The van der Waals surface area contributed by atoms with Crippen LogP contribution in [0.4, 0.5) is 0 Å². The third-order valence-electron chi connectivity index (χ3n) is 2.21. The first-order valence-corrected chi connectivity index (χ1v) is 4.95. The van der Waals surface area contributed by atoms with Crippen LogP contribution < -0.4 is 0 Å². The van der Waals surface area contributed by atoms with Crippen molar-refractivity contribution in [3.8, 4) is 0 Å². The van der Waals surface area contributed by atoms with Crippen LogP contribution in [0, 0.1) is 6.92 Å². The average Bonchev–Trinajstić information content (AvgIpc) is 2.15. The van der Waals surface area contributed by atoms with Crippen molar-refractivity contribution in [3.63, 3.8) is 0 Å². The Morgan fingerprint density at radius 2 is 2.14 bits per heavy atom. The van der Waals surface area contributed by atoms with E-state index in [-0.39, 0.29) is 0 Å². The molecule has 0 atom stereocenters. The van der Waals surface area contributed by atoms with Crippen molar-refractivity contribution >= 4 is 0 Å². The Morgan fingerprint density at radius 3 is 2.79 bits per heavy atom. The maximum atomic E-state index is 5.03.